The van der Waals surface area contributed by atoms with E-state index in [0.717, 1.165) is 11.1 Å². The van der Waals surface area contributed by atoms with Crippen LogP contribution >= 0.6 is 0 Å². The summed E-state index contributed by atoms with van der Waals surface area (Å²) in [5, 5.41) is 11.0. The van der Waals surface area contributed by atoms with Gasteiger partial charge in [-0.05, 0) is 48.4 Å². The lowest BCUT2D eigenvalue weighted by Gasteiger charge is -2.06. The minimum atomic E-state index is -0.574. The van der Waals surface area contributed by atoms with Gasteiger partial charge in [-0.15, -0.1) is 0 Å². The lowest BCUT2D eigenvalue weighted by atomic mass is 10.1. The van der Waals surface area contributed by atoms with Gasteiger partial charge in [-0.1, -0.05) is 42.5 Å². The van der Waals surface area contributed by atoms with Crippen LogP contribution in [0.5, 0.6) is 5.75 Å². The predicted molar refractivity (Wildman–Crippen MR) is 116 cm³/mol. The smallest absolute Gasteiger partial charge is 0.363 e. The van der Waals surface area contributed by atoms with E-state index in [4.69, 9.17) is 9.47 Å². The fraction of sp³-hybridized carbons (Fsp3) is 0.0833. The highest BCUT2D eigenvalue weighted by atomic mass is 16.6. The van der Waals surface area contributed by atoms with Crippen LogP contribution in [-0.2, 0) is 16.1 Å². The Morgan fingerprint density at radius 2 is 1.81 bits per heavy atom. The largest absolute Gasteiger partial charge is 0.489 e. The predicted octanol–water partition coefficient (Wildman–Crippen LogP) is 4.83. The first-order chi connectivity index (χ1) is 15.0. The molecule has 1 heterocycles. The lowest BCUT2D eigenvalue weighted by Crippen LogP contribution is -2.06. The number of cyclic esters (lactones) is 1. The van der Waals surface area contributed by atoms with Crippen molar-refractivity contribution < 1.29 is 19.2 Å². The Morgan fingerprint density at radius 1 is 1.06 bits per heavy atom. The molecule has 3 aromatic carbocycles. The zero-order valence-electron chi connectivity index (χ0n) is 16.6. The Morgan fingerprint density at radius 3 is 2.48 bits per heavy atom. The molecule has 0 saturated carbocycles. The number of aryl methyl sites for hydroxylation is 1. The number of rotatable bonds is 6. The second-order valence-corrected chi connectivity index (χ2v) is 6.94. The van der Waals surface area contributed by atoms with Crippen molar-refractivity contribution in [2.45, 2.75) is 13.5 Å². The van der Waals surface area contributed by atoms with Gasteiger partial charge in [0.15, 0.2) is 5.70 Å². The van der Waals surface area contributed by atoms with Crippen molar-refractivity contribution in [2.24, 2.45) is 4.99 Å². The zero-order chi connectivity index (χ0) is 21.8. The van der Waals surface area contributed by atoms with E-state index < -0.39 is 10.9 Å². The fourth-order valence-electron chi connectivity index (χ4n) is 3.09. The molecule has 154 valence electrons. The van der Waals surface area contributed by atoms with E-state index >= 15 is 0 Å². The van der Waals surface area contributed by atoms with Gasteiger partial charge in [0.25, 0.3) is 5.69 Å². The SMILES string of the molecule is Cc1cc(C2=N/C(=C\c3ccc(OCc4ccccc4)cc3)C(=O)O2)ccc1[N+](=O)[O-]. The van der Waals surface area contributed by atoms with Crippen molar-refractivity contribution in [1.82, 2.24) is 0 Å². The number of esters is 1. The molecule has 0 N–H and O–H groups in total. The first-order valence-corrected chi connectivity index (χ1v) is 9.54. The maximum atomic E-state index is 12.2. The van der Waals surface area contributed by atoms with Crippen LogP contribution in [0, 0.1) is 17.0 Å². The highest BCUT2D eigenvalue weighted by molar-refractivity contribution is 6.13. The third-order valence-electron chi connectivity index (χ3n) is 4.69. The number of aliphatic imine (C=N–C) groups is 1. The van der Waals surface area contributed by atoms with E-state index in [1.807, 2.05) is 54.6 Å². The molecule has 0 amide bonds. The minimum Gasteiger partial charge on any atom is -0.489 e. The molecule has 0 spiro atoms. The minimum absolute atomic E-state index is 0.000915. The molecule has 3 aromatic rings. The number of hydrogen-bond acceptors (Lipinski definition) is 6. The Kier molecular flexibility index (Phi) is 5.57. The molecule has 7 heteroatoms. The van der Waals surface area contributed by atoms with E-state index in [1.165, 1.54) is 12.1 Å². The van der Waals surface area contributed by atoms with Crippen molar-refractivity contribution in [1.29, 1.82) is 0 Å². The summed E-state index contributed by atoms with van der Waals surface area (Å²) in [6.07, 6.45) is 1.62. The van der Waals surface area contributed by atoms with Gasteiger partial charge in [0.2, 0.25) is 5.90 Å². The van der Waals surface area contributed by atoms with Crippen molar-refractivity contribution in [3.8, 4) is 5.75 Å². The van der Waals surface area contributed by atoms with Crippen LogP contribution < -0.4 is 4.74 Å². The number of carbonyl (C=O) groups is 1. The van der Waals surface area contributed by atoms with Gasteiger partial charge in [-0.2, -0.15) is 0 Å². The number of nitrogens with zero attached hydrogens (tertiary/aromatic N) is 2. The topological polar surface area (TPSA) is 91.0 Å². The summed E-state index contributed by atoms with van der Waals surface area (Å²) >= 11 is 0. The summed E-state index contributed by atoms with van der Waals surface area (Å²) in [5.74, 6) is 0.262. The summed E-state index contributed by atoms with van der Waals surface area (Å²) in [5.41, 5.74) is 2.96. The summed E-state index contributed by atoms with van der Waals surface area (Å²) in [6, 6.07) is 21.6. The highest BCUT2D eigenvalue weighted by Gasteiger charge is 2.25. The van der Waals surface area contributed by atoms with Crippen molar-refractivity contribution in [3.05, 3.63) is 111 Å². The van der Waals surface area contributed by atoms with E-state index in [1.54, 1.807) is 19.1 Å². The van der Waals surface area contributed by atoms with Gasteiger partial charge in [-0.3, -0.25) is 10.1 Å². The monoisotopic (exact) mass is 414 g/mol. The molecule has 0 aromatic heterocycles. The quantitative estimate of drug-likeness (QED) is 0.249. The van der Waals surface area contributed by atoms with E-state index in [0.29, 0.717) is 23.5 Å². The highest BCUT2D eigenvalue weighted by Crippen LogP contribution is 2.24. The molecular weight excluding hydrogens is 396 g/mol. The number of nitro groups is 1. The van der Waals surface area contributed by atoms with Crippen LogP contribution in [0.15, 0.2) is 83.5 Å². The molecular formula is C24H18N2O5. The maximum Gasteiger partial charge on any atom is 0.363 e. The first-order valence-electron chi connectivity index (χ1n) is 9.54. The van der Waals surface area contributed by atoms with Crippen molar-refractivity contribution in [3.63, 3.8) is 0 Å². The lowest BCUT2D eigenvalue weighted by molar-refractivity contribution is -0.385. The Balaban J connectivity index is 1.48. The van der Waals surface area contributed by atoms with Crippen LogP contribution in [0.3, 0.4) is 0 Å². The number of carbonyl (C=O) groups excluding carboxylic acids is 1. The van der Waals surface area contributed by atoms with Crippen molar-refractivity contribution >= 4 is 23.6 Å². The second-order valence-electron chi connectivity index (χ2n) is 6.94. The molecule has 0 bridgehead atoms. The van der Waals surface area contributed by atoms with Gasteiger partial charge in [0, 0.05) is 17.2 Å². The number of ether oxygens (including phenoxy) is 2. The molecule has 0 fully saturated rings. The van der Waals surface area contributed by atoms with Crippen LogP contribution in [-0.4, -0.2) is 16.8 Å². The average Bonchev–Trinajstić information content (AvgIpc) is 3.14. The Hall–Kier alpha value is -4.26. The molecule has 7 nitrogen and oxygen atoms in total. The Labute approximate surface area is 178 Å². The van der Waals surface area contributed by atoms with E-state index in [9.17, 15) is 14.9 Å². The molecule has 0 aliphatic carbocycles. The second kappa shape index (κ2) is 8.62. The van der Waals surface area contributed by atoms with E-state index in [-0.39, 0.29) is 17.3 Å². The zero-order valence-corrected chi connectivity index (χ0v) is 16.6. The standard InChI is InChI=1S/C24H18N2O5/c1-16-13-19(9-12-22(16)26(28)29)23-25-21(24(27)31-23)14-17-7-10-20(11-8-17)30-15-18-5-3-2-4-6-18/h2-14H,15H2,1H3/b21-14-. The van der Waals surface area contributed by atoms with Gasteiger partial charge in [0.1, 0.15) is 12.4 Å². The third kappa shape index (κ3) is 4.67. The van der Waals surface area contributed by atoms with Crippen LogP contribution in [0.4, 0.5) is 5.69 Å². The van der Waals surface area contributed by atoms with Gasteiger partial charge in [-0.25, -0.2) is 9.79 Å². The normalized spacial score (nSPS) is 14.3. The van der Waals surface area contributed by atoms with E-state index in [2.05, 4.69) is 4.99 Å². The number of benzene rings is 3. The number of nitro benzene ring substituents is 1. The summed E-state index contributed by atoms with van der Waals surface area (Å²) < 4.78 is 11.0. The molecule has 4 rings (SSSR count). The molecule has 1 aliphatic heterocycles. The molecule has 0 radical (unpaired) electrons. The summed E-state index contributed by atoms with van der Waals surface area (Å²) in [7, 11) is 0. The van der Waals surface area contributed by atoms with Crippen LogP contribution in [0.25, 0.3) is 6.08 Å². The van der Waals surface area contributed by atoms with Crippen LogP contribution in [0.1, 0.15) is 22.3 Å². The van der Waals surface area contributed by atoms with Crippen molar-refractivity contribution in [2.75, 3.05) is 0 Å². The van der Waals surface area contributed by atoms with Gasteiger partial charge >= 0.3 is 5.97 Å². The summed E-state index contributed by atoms with van der Waals surface area (Å²) in [6.45, 7) is 2.09. The maximum absolute atomic E-state index is 12.2. The third-order valence-corrected chi connectivity index (χ3v) is 4.69. The molecule has 0 saturated heterocycles. The van der Waals surface area contributed by atoms with Gasteiger partial charge < -0.3 is 9.47 Å². The fourth-order valence-corrected chi connectivity index (χ4v) is 3.09. The Bertz CT molecular complexity index is 1200. The first kappa shape index (κ1) is 20.0. The average molecular weight is 414 g/mol. The van der Waals surface area contributed by atoms with Crippen LogP contribution in [0.2, 0.25) is 0 Å². The molecule has 1 aliphatic rings. The summed E-state index contributed by atoms with van der Waals surface area (Å²) in [4.78, 5) is 27.0. The van der Waals surface area contributed by atoms with Gasteiger partial charge in [0.05, 0.1) is 4.92 Å². The molecule has 31 heavy (non-hydrogen) atoms. The molecule has 0 unspecified atom stereocenters. The molecule has 0 atom stereocenters. The number of hydrogen-bond donors (Lipinski definition) is 0.